The highest BCUT2D eigenvalue weighted by Crippen LogP contribution is 2.43. The number of aromatic nitrogens is 1. The van der Waals surface area contributed by atoms with Crippen LogP contribution in [0.2, 0.25) is 0 Å². The SMILES string of the molecule is CC.CC1=C(c2ccccc2C)C=C(Cc2cccc3c(N(c4ccccc4)c4ccc5c(c4)c4ccccc4n5-c4ccccc4)cccc23)CC1.Cc1ccccc1.Cc1ccccc1. The fraction of sp³-hybridized carbons (Fsp3) is 0.138. The Hall–Kier alpha value is -7.68. The minimum Gasteiger partial charge on any atom is -0.310 e. The number of nitrogens with zero attached hydrogens (tertiary/aromatic N) is 2. The monoisotopic (exact) mass is 870 g/mol. The molecule has 0 amide bonds. The third kappa shape index (κ3) is 10.6. The summed E-state index contributed by atoms with van der Waals surface area (Å²) in [6.07, 6.45) is 5.63. The lowest BCUT2D eigenvalue weighted by Crippen LogP contribution is -2.10. The number of benzene rings is 9. The van der Waals surface area contributed by atoms with Crippen molar-refractivity contribution in [1.29, 1.82) is 0 Å². The standard InChI is InChI=1S/C49H40N2.2C7H8.C2H6/c1-34-15-9-10-21-41(34)45-32-36(28-27-35(45)2)31-37-16-13-24-43-42(37)23-14-26-47(43)50(38-17-5-3-6-18-38)40-29-30-49-46(33-40)44-22-11-12-25-48(44)51(49)39-19-7-4-8-20-39;2*1-7-5-3-2-4-6-7;1-2/h3-26,29-30,32-33H,27-28,31H2,1-2H3;2*2-6H,1H3;1-2H3. The summed E-state index contributed by atoms with van der Waals surface area (Å²) in [5.74, 6) is 0. The van der Waals surface area contributed by atoms with E-state index in [1.54, 1.807) is 0 Å². The van der Waals surface area contributed by atoms with E-state index in [1.165, 1.54) is 88.5 Å². The molecule has 1 aromatic heterocycles. The maximum absolute atomic E-state index is 2.47. The summed E-state index contributed by atoms with van der Waals surface area (Å²) >= 11 is 0. The van der Waals surface area contributed by atoms with Gasteiger partial charge in [0.2, 0.25) is 0 Å². The molecule has 0 N–H and O–H groups in total. The van der Waals surface area contributed by atoms with Crippen LogP contribution in [0.1, 0.15) is 61.4 Å². The van der Waals surface area contributed by atoms with Crippen LogP contribution in [-0.4, -0.2) is 4.57 Å². The number of rotatable bonds is 7. The molecule has 0 saturated heterocycles. The van der Waals surface area contributed by atoms with Crippen LogP contribution in [0.15, 0.2) is 242 Å². The molecule has 0 spiro atoms. The minimum atomic E-state index is 0.944. The first kappa shape index (κ1) is 45.9. The van der Waals surface area contributed by atoms with Crippen LogP contribution in [-0.2, 0) is 6.42 Å². The van der Waals surface area contributed by atoms with Crippen LogP contribution < -0.4 is 4.90 Å². The first-order valence-electron chi connectivity index (χ1n) is 23.9. The molecule has 1 heterocycles. The van der Waals surface area contributed by atoms with Gasteiger partial charge < -0.3 is 9.47 Å². The molecule has 0 fully saturated rings. The number of anilines is 3. The van der Waals surface area contributed by atoms with Crippen molar-refractivity contribution in [1.82, 2.24) is 4.57 Å². The highest BCUT2D eigenvalue weighted by Gasteiger charge is 2.20. The second-order valence-electron chi connectivity index (χ2n) is 17.1. The number of hydrogen-bond donors (Lipinski definition) is 0. The van der Waals surface area contributed by atoms with Gasteiger partial charge in [-0.3, -0.25) is 0 Å². The maximum atomic E-state index is 2.47. The zero-order valence-electron chi connectivity index (χ0n) is 40.0. The molecule has 0 aliphatic heterocycles. The van der Waals surface area contributed by atoms with Crippen molar-refractivity contribution in [3.05, 3.63) is 269 Å². The summed E-state index contributed by atoms with van der Waals surface area (Å²) in [6, 6.07) is 80.2. The number of hydrogen-bond acceptors (Lipinski definition) is 1. The van der Waals surface area contributed by atoms with E-state index in [-0.39, 0.29) is 0 Å². The first-order chi connectivity index (χ1) is 32.9. The van der Waals surface area contributed by atoms with Crippen LogP contribution in [0.4, 0.5) is 17.1 Å². The molecule has 0 atom stereocenters. The number of allylic oxidation sites excluding steroid dienone is 4. The van der Waals surface area contributed by atoms with E-state index < -0.39 is 0 Å². The van der Waals surface area contributed by atoms with Gasteiger partial charge in [-0.1, -0.05) is 212 Å². The summed E-state index contributed by atoms with van der Waals surface area (Å²) < 4.78 is 2.38. The first-order valence-corrected chi connectivity index (χ1v) is 23.9. The Balaban J connectivity index is 0.000000324. The lowest BCUT2D eigenvalue weighted by atomic mass is 9.85. The largest absolute Gasteiger partial charge is 0.310 e. The molecule has 9 aromatic carbocycles. The average Bonchev–Trinajstić information content (AvgIpc) is 3.71. The Bertz CT molecular complexity index is 3210. The van der Waals surface area contributed by atoms with E-state index in [2.05, 4.69) is 231 Å². The molecule has 0 saturated carbocycles. The van der Waals surface area contributed by atoms with Crippen molar-refractivity contribution in [2.45, 2.75) is 60.8 Å². The van der Waals surface area contributed by atoms with Gasteiger partial charge in [0.25, 0.3) is 0 Å². The van der Waals surface area contributed by atoms with E-state index in [0.29, 0.717) is 0 Å². The van der Waals surface area contributed by atoms with Gasteiger partial charge in [0.15, 0.2) is 0 Å². The Morgan fingerprint density at radius 2 is 0.985 bits per heavy atom. The molecule has 1 aliphatic rings. The van der Waals surface area contributed by atoms with Gasteiger partial charge in [-0.05, 0) is 129 Å². The summed E-state index contributed by atoms with van der Waals surface area (Å²) in [4.78, 5) is 2.43. The highest BCUT2D eigenvalue weighted by molar-refractivity contribution is 6.11. The van der Waals surface area contributed by atoms with Crippen LogP contribution >= 0.6 is 0 Å². The fourth-order valence-corrected chi connectivity index (χ4v) is 9.18. The van der Waals surface area contributed by atoms with Gasteiger partial charge in [-0.25, -0.2) is 0 Å². The van der Waals surface area contributed by atoms with Gasteiger partial charge in [0.05, 0.1) is 16.7 Å². The van der Waals surface area contributed by atoms with Crippen LogP contribution in [0.25, 0.3) is 43.8 Å². The highest BCUT2D eigenvalue weighted by atomic mass is 15.1. The Morgan fingerprint density at radius 3 is 1.64 bits per heavy atom. The second-order valence-corrected chi connectivity index (χ2v) is 17.1. The van der Waals surface area contributed by atoms with E-state index >= 15 is 0 Å². The second kappa shape index (κ2) is 22.0. The molecule has 332 valence electrons. The minimum absolute atomic E-state index is 0.944. The van der Waals surface area contributed by atoms with Crippen molar-refractivity contribution in [2.75, 3.05) is 4.90 Å². The predicted molar refractivity (Wildman–Crippen MR) is 291 cm³/mol. The predicted octanol–water partition coefficient (Wildman–Crippen LogP) is 18.5. The quantitative estimate of drug-likeness (QED) is 0.155. The summed E-state index contributed by atoms with van der Waals surface area (Å²) in [6.45, 7) is 12.7. The molecule has 2 heteroatoms. The smallest absolute Gasteiger partial charge is 0.0542 e. The average molecular weight is 871 g/mol. The molecule has 2 nitrogen and oxygen atoms in total. The van der Waals surface area contributed by atoms with Crippen molar-refractivity contribution in [3.8, 4) is 5.69 Å². The molecule has 11 rings (SSSR count). The van der Waals surface area contributed by atoms with E-state index in [9.17, 15) is 0 Å². The van der Waals surface area contributed by atoms with Gasteiger partial charge >= 0.3 is 0 Å². The number of para-hydroxylation sites is 3. The molecule has 1 aliphatic carbocycles. The van der Waals surface area contributed by atoms with Gasteiger partial charge in [0, 0.05) is 33.2 Å². The van der Waals surface area contributed by atoms with Crippen molar-refractivity contribution >= 4 is 55.2 Å². The Kier molecular flexibility index (Phi) is 15.1. The normalized spacial score (nSPS) is 12.0. The topological polar surface area (TPSA) is 8.17 Å². The fourth-order valence-electron chi connectivity index (χ4n) is 9.18. The third-order valence-corrected chi connectivity index (χ3v) is 12.5. The van der Waals surface area contributed by atoms with Crippen molar-refractivity contribution in [2.24, 2.45) is 0 Å². The Morgan fingerprint density at radius 1 is 0.433 bits per heavy atom. The van der Waals surface area contributed by atoms with E-state index in [0.717, 1.165) is 30.6 Å². The van der Waals surface area contributed by atoms with Gasteiger partial charge in [0.1, 0.15) is 0 Å². The molecule has 0 bridgehead atoms. The maximum Gasteiger partial charge on any atom is 0.0542 e. The van der Waals surface area contributed by atoms with Crippen molar-refractivity contribution in [3.63, 3.8) is 0 Å². The molecular formula is C65H62N2. The third-order valence-electron chi connectivity index (χ3n) is 12.5. The van der Waals surface area contributed by atoms with Crippen LogP contribution in [0, 0.1) is 20.8 Å². The number of aryl methyl sites for hydroxylation is 3. The van der Waals surface area contributed by atoms with Gasteiger partial charge in [-0.2, -0.15) is 0 Å². The van der Waals surface area contributed by atoms with Gasteiger partial charge in [-0.15, -0.1) is 0 Å². The molecule has 67 heavy (non-hydrogen) atoms. The molecule has 10 aromatic rings. The van der Waals surface area contributed by atoms with Crippen LogP contribution in [0.3, 0.4) is 0 Å². The van der Waals surface area contributed by atoms with E-state index in [4.69, 9.17) is 0 Å². The zero-order chi connectivity index (χ0) is 46.5. The summed E-state index contributed by atoms with van der Waals surface area (Å²) in [5.41, 5.74) is 18.1. The molecular weight excluding hydrogens is 809 g/mol. The van der Waals surface area contributed by atoms with Crippen LogP contribution in [0.5, 0.6) is 0 Å². The number of fused-ring (bicyclic) bond motifs is 4. The van der Waals surface area contributed by atoms with Crippen molar-refractivity contribution < 1.29 is 0 Å². The molecule has 0 unspecified atom stereocenters. The Labute approximate surface area is 398 Å². The molecule has 0 radical (unpaired) electrons. The summed E-state index contributed by atoms with van der Waals surface area (Å²) in [7, 11) is 0. The van der Waals surface area contributed by atoms with E-state index in [1.807, 2.05) is 50.2 Å². The lowest BCUT2D eigenvalue weighted by molar-refractivity contribution is 0.876. The lowest BCUT2D eigenvalue weighted by Gasteiger charge is -2.27. The summed E-state index contributed by atoms with van der Waals surface area (Å²) in [5, 5.41) is 5.06. The zero-order valence-corrected chi connectivity index (χ0v) is 40.0.